The first-order valence-electron chi connectivity index (χ1n) is 8.84. The lowest BCUT2D eigenvalue weighted by Gasteiger charge is -2.44. The highest BCUT2D eigenvalue weighted by Crippen LogP contribution is 2.27. The van der Waals surface area contributed by atoms with E-state index in [0.717, 1.165) is 18.7 Å². The van der Waals surface area contributed by atoms with Crippen molar-refractivity contribution in [3.8, 4) is 11.6 Å². The molecular formula is C19H22N4O2. The minimum atomic E-state index is 0.144. The second-order valence-corrected chi connectivity index (χ2v) is 6.72. The van der Waals surface area contributed by atoms with Crippen LogP contribution in [0.3, 0.4) is 0 Å². The molecule has 2 unspecified atom stereocenters. The molecule has 2 aliphatic rings. The van der Waals surface area contributed by atoms with E-state index in [1.54, 1.807) is 18.6 Å². The van der Waals surface area contributed by atoms with Crippen LogP contribution in [0.15, 0.2) is 42.9 Å². The van der Waals surface area contributed by atoms with Crippen LogP contribution in [0, 0.1) is 0 Å². The van der Waals surface area contributed by atoms with Gasteiger partial charge in [0, 0.05) is 31.0 Å². The average molecular weight is 338 g/mol. The zero-order valence-corrected chi connectivity index (χ0v) is 14.1. The van der Waals surface area contributed by atoms with Gasteiger partial charge in [-0.15, -0.1) is 0 Å². The highest BCUT2D eigenvalue weighted by atomic mass is 16.5. The number of fused-ring (bicyclic) bond motifs is 1. The first-order valence-corrected chi connectivity index (χ1v) is 8.84. The van der Waals surface area contributed by atoms with Crippen molar-refractivity contribution < 1.29 is 9.53 Å². The van der Waals surface area contributed by atoms with E-state index in [4.69, 9.17) is 4.74 Å². The Balaban J connectivity index is 1.42. The van der Waals surface area contributed by atoms with Gasteiger partial charge in [-0.2, -0.15) is 0 Å². The van der Waals surface area contributed by atoms with E-state index < -0.39 is 0 Å². The van der Waals surface area contributed by atoms with E-state index >= 15 is 0 Å². The van der Waals surface area contributed by atoms with Crippen LogP contribution < -0.4 is 10.1 Å². The Morgan fingerprint density at radius 2 is 2.00 bits per heavy atom. The first kappa shape index (κ1) is 16.0. The molecule has 1 saturated heterocycles. The fraction of sp³-hybridized carbons (Fsp3) is 0.421. The van der Waals surface area contributed by atoms with E-state index in [9.17, 15) is 4.79 Å². The largest absolute Gasteiger partial charge is 0.438 e. The second kappa shape index (κ2) is 7.19. The Labute approximate surface area is 147 Å². The third kappa shape index (κ3) is 3.79. The van der Waals surface area contributed by atoms with Crippen LogP contribution in [0.1, 0.15) is 31.2 Å². The first-order chi connectivity index (χ1) is 12.3. The predicted octanol–water partition coefficient (Wildman–Crippen LogP) is 2.51. The van der Waals surface area contributed by atoms with Crippen LogP contribution in [0.5, 0.6) is 11.6 Å². The van der Waals surface area contributed by atoms with Crippen molar-refractivity contribution in [2.45, 2.75) is 44.3 Å². The normalized spacial score (nSPS) is 23.6. The minimum Gasteiger partial charge on any atom is -0.438 e. The number of amides is 1. The molecule has 6 heteroatoms. The molecule has 1 amide bonds. The third-order valence-electron chi connectivity index (χ3n) is 4.96. The van der Waals surface area contributed by atoms with Crippen molar-refractivity contribution in [2.75, 3.05) is 6.54 Å². The van der Waals surface area contributed by atoms with Gasteiger partial charge in [-0.25, -0.2) is 4.98 Å². The molecule has 1 aromatic carbocycles. The summed E-state index contributed by atoms with van der Waals surface area (Å²) in [5.41, 5.74) is 1.19. The van der Waals surface area contributed by atoms with Crippen LogP contribution in [-0.4, -0.2) is 39.4 Å². The fourth-order valence-electron chi connectivity index (χ4n) is 3.80. The summed E-state index contributed by atoms with van der Waals surface area (Å²) in [5.74, 6) is 1.36. The summed E-state index contributed by atoms with van der Waals surface area (Å²) in [6.45, 7) is 1.28. The van der Waals surface area contributed by atoms with Gasteiger partial charge < -0.3 is 10.1 Å². The van der Waals surface area contributed by atoms with Gasteiger partial charge in [-0.1, -0.05) is 25.0 Å². The van der Waals surface area contributed by atoms with Gasteiger partial charge in [0.1, 0.15) is 5.75 Å². The second-order valence-electron chi connectivity index (χ2n) is 6.72. The molecule has 1 saturated carbocycles. The van der Waals surface area contributed by atoms with E-state index in [2.05, 4.69) is 32.3 Å². The number of rotatable bonds is 4. The number of carbonyl (C=O) groups is 1. The topological polar surface area (TPSA) is 67.4 Å². The monoisotopic (exact) mass is 338 g/mol. The van der Waals surface area contributed by atoms with Gasteiger partial charge in [0.05, 0.1) is 12.7 Å². The van der Waals surface area contributed by atoms with Gasteiger partial charge in [0.15, 0.2) is 0 Å². The van der Waals surface area contributed by atoms with Gasteiger partial charge in [0.2, 0.25) is 11.8 Å². The van der Waals surface area contributed by atoms with Gasteiger partial charge in [-0.05, 0) is 30.5 Å². The molecule has 2 aromatic rings. The summed E-state index contributed by atoms with van der Waals surface area (Å²) in [7, 11) is 0. The fourth-order valence-corrected chi connectivity index (χ4v) is 3.80. The maximum Gasteiger partial charge on any atom is 0.237 e. The lowest BCUT2D eigenvalue weighted by molar-refractivity contribution is -0.128. The number of hydrogen-bond donors (Lipinski definition) is 1. The van der Waals surface area contributed by atoms with E-state index in [0.29, 0.717) is 24.5 Å². The number of benzene rings is 1. The summed E-state index contributed by atoms with van der Waals surface area (Å²) in [5, 5.41) is 3.16. The van der Waals surface area contributed by atoms with Crippen LogP contribution in [-0.2, 0) is 11.3 Å². The summed E-state index contributed by atoms with van der Waals surface area (Å²) in [6.07, 6.45) is 9.52. The molecule has 1 aliphatic carbocycles. The highest BCUT2D eigenvalue weighted by Gasteiger charge is 2.36. The SMILES string of the molecule is O=C1CN(Cc2ccc(Oc3cnccn3)cc2)C2CCCCC2N1. The number of aromatic nitrogens is 2. The predicted molar refractivity (Wildman–Crippen MR) is 93.1 cm³/mol. The lowest BCUT2D eigenvalue weighted by atomic mass is 9.87. The molecule has 2 heterocycles. The molecule has 2 fully saturated rings. The molecule has 0 bridgehead atoms. The molecule has 4 rings (SSSR count). The maximum atomic E-state index is 12.0. The Morgan fingerprint density at radius 1 is 1.16 bits per heavy atom. The van der Waals surface area contributed by atoms with Crippen LogP contribution in [0.2, 0.25) is 0 Å². The number of nitrogens with one attached hydrogen (secondary N) is 1. The molecule has 2 atom stereocenters. The Bertz CT molecular complexity index is 720. The molecule has 25 heavy (non-hydrogen) atoms. The Morgan fingerprint density at radius 3 is 2.80 bits per heavy atom. The Kier molecular flexibility index (Phi) is 4.61. The zero-order chi connectivity index (χ0) is 17.1. The van der Waals surface area contributed by atoms with Crippen molar-refractivity contribution in [3.05, 3.63) is 48.4 Å². The zero-order valence-electron chi connectivity index (χ0n) is 14.1. The molecule has 1 N–H and O–H groups in total. The number of piperazine rings is 1. The van der Waals surface area contributed by atoms with Gasteiger partial charge in [-0.3, -0.25) is 14.7 Å². The van der Waals surface area contributed by atoms with Crippen LogP contribution >= 0.6 is 0 Å². The van der Waals surface area contributed by atoms with Crippen LogP contribution in [0.25, 0.3) is 0 Å². The van der Waals surface area contributed by atoms with E-state index in [-0.39, 0.29) is 5.91 Å². The minimum absolute atomic E-state index is 0.144. The quantitative estimate of drug-likeness (QED) is 0.928. The smallest absolute Gasteiger partial charge is 0.237 e. The summed E-state index contributed by atoms with van der Waals surface area (Å²) < 4.78 is 5.67. The Hall–Kier alpha value is -2.47. The number of nitrogens with zero attached hydrogens (tertiary/aromatic N) is 3. The number of hydrogen-bond acceptors (Lipinski definition) is 5. The molecule has 1 aliphatic heterocycles. The van der Waals surface area contributed by atoms with Crippen molar-refractivity contribution in [1.82, 2.24) is 20.2 Å². The summed E-state index contributed by atoms with van der Waals surface area (Å²) in [4.78, 5) is 22.4. The van der Waals surface area contributed by atoms with E-state index in [1.807, 2.05) is 12.1 Å². The molecular weight excluding hydrogens is 316 g/mol. The third-order valence-corrected chi connectivity index (χ3v) is 4.96. The lowest BCUT2D eigenvalue weighted by Crippen LogP contribution is -2.61. The number of carbonyl (C=O) groups excluding carboxylic acids is 1. The van der Waals surface area contributed by atoms with Crippen molar-refractivity contribution in [3.63, 3.8) is 0 Å². The van der Waals surface area contributed by atoms with Gasteiger partial charge in [0.25, 0.3) is 0 Å². The van der Waals surface area contributed by atoms with Crippen LogP contribution in [0.4, 0.5) is 0 Å². The molecule has 130 valence electrons. The molecule has 0 radical (unpaired) electrons. The molecule has 1 aromatic heterocycles. The average Bonchev–Trinajstić information content (AvgIpc) is 2.64. The summed E-state index contributed by atoms with van der Waals surface area (Å²) >= 11 is 0. The maximum absolute atomic E-state index is 12.0. The van der Waals surface area contributed by atoms with E-state index in [1.165, 1.54) is 24.8 Å². The van der Waals surface area contributed by atoms with Gasteiger partial charge >= 0.3 is 0 Å². The number of ether oxygens (including phenoxy) is 1. The van der Waals surface area contributed by atoms with Crippen molar-refractivity contribution >= 4 is 5.91 Å². The standard InChI is InChI=1S/C19H22N4O2/c24-18-13-23(17-4-2-1-3-16(17)22-18)12-14-5-7-15(8-6-14)25-19-11-20-9-10-21-19/h5-11,16-17H,1-4,12-13H2,(H,22,24). The molecule has 0 spiro atoms. The highest BCUT2D eigenvalue weighted by molar-refractivity contribution is 5.79. The van der Waals surface area contributed by atoms with Crippen molar-refractivity contribution in [2.24, 2.45) is 0 Å². The van der Waals surface area contributed by atoms with Crippen molar-refractivity contribution in [1.29, 1.82) is 0 Å². The summed E-state index contributed by atoms with van der Waals surface area (Å²) in [6, 6.07) is 8.75. The molecule has 6 nitrogen and oxygen atoms in total.